The van der Waals surface area contributed by atoms with E-state index in [9.17, 15) is 10.2 Å². The van der Waals surface area contributed by atoms with Gasteiger partial charge in [-0.2, -0.15) is 0 Å². The van der Waals surface area contributed by atoms with Gasteiger partial charge in [0, 0.05) is 5.56 Å². The lowest BCUT2D eigenvalue weighted by Crippen LogP contribution is -1.98. The van der Waals surface area contributed by atoms with Crippen LogP contribution in [-0.2, 0) is 0 Å². The number of phenolic OH excluding ortho intramolecular Hbond substituents is 1. The highest BCUT2D eigenvalue weighted by atomic mass is 16.3. The molecule has 0 bridgehead atoms. The Hall–Kier alpha value is -1.02. The van der Waals surface area contributed by atoms with Gasteiger partial charge in [0.1, 0.15) is 5.75 Å². The zero-order chi connectivity index (χ0) is 14.8. The number of phenols is 1. The molecule has 0 heterocycles. The van der Waals surface area contributed by atoms with Crippen molar-refractivity contribution in [3.8, 4) is 5.75 Å². The van der Waals surface area contributed by atoms with Crippen LogP contribution >= 0.6 is 0 Å². The van der Waals surface area contributed by atoms with Crippen molar-refractivity contribution >= 4 is 0 Å². The first-order chi connectivity index (χ1) is 9.66. The lowest BCUT2D eigenvalue weighted by molar-refractivity contribution is 0.159. The van der Waals surface area contributed by atoms with Crippen LogP contribution < -0.4 is 0 Å². The molecule has 0 radical (unpaired) electrons. The molecule has 1 rings (SSSR count). The highest BCUT2D eigenvalue weighted by molar-refractivity contribution is 5.40. The van der Waals surface area contributed by atoms with E-state index in [1.165, 1.54) is 44.9 Å². The monoisotopic (exact) mass is 278 g/mol. The minimum atomic E-state index is -0.532. The maximum absolute atomic E-state index is 10.1. The van der Waals surface area contributed by atoms with E-state index in [4.69, 9.17) is 0 Å². The lowest BCUT2D eigenvalue weighted by Gasteiger charge is -2.13. The first kappa shape index (κ1) is 17.0. The van der Waals surface area contributed by atoms with Crippen molar-refractivity contribution < 1.29 is 10.2 Å². The molecule has 0 aliphatic carbocycles. The van der Waals surface area contributed by atoms with Gasteiger partial charge in [-0.3, -0.25) is 0 Å². The topological polar surface area (TPSA) is 40.5 Å². The minimum absolute atomic E-state index is 0.250. The molecule has 0 saturated heterocycles. The average molecular weight is 278 g/mol. The second kappa shape index (κ2) is 9.82. The standard InChI is InChI=1S/C18H30O2/c1-3-4-5-6-7-8-9-10-14-17(19)16-13-11-12-15(2)18(16)20/h11-13,17,19-20H,3-10,14H2,1-2H3/t17-/m1/s1. The summed E-state index contributed by atoms with van der Waals surface area (Å²) in [5, 5.41) is 20.1. The van der Waals surface area contributed by atoms with Crippen LogP contribution in [0.3, 0.4) is 0 Å². The predicted molar refractivity (Wildman–Crippen MR) is 85.0 cm³/mol. The summed E-state index contributed by atoms with van der Waals surface area (Å²) in [5.74, 6) is 0.250. The highest BCUT2D eigenvalue weighted by Gasteiger charge is 2.12. The van der Waals surface area contributed by atoms with Gasteiger partial charge in [-0.1, -0.05) is 76.5 Å². The Morgan fingerprint density at radius 3 is 2.20 bits per heavy atom. The molecule has 114 valence electrons. The molecule has 0 saturated carbocycles. The average Bonchev–Trinajstić information content (AvgIpc) is 2.44. The number of para-hydroxylation sites is 1. The number of aliphatic hydroxyl groups is 1. The van der Waals surface area contributed by atoms with Crippen LogP contribution in [0, 0.1) is 6.92 Å². The zero-order valence-electron chi connectivity index (χ0n) is 13.1. The Morgan fingerprint density at radius 1 is 0.950 bits per heavy atom. The predicted octanol–water partition coefficient (Wildman–Crippen LogP) is 5.26. The minimum Gasteiger partial charge on any atom is -0.507 e. The summed E-state index contributed by atoms with van der Waals surface area (Å²) in [7, 11) is 0. The molecule has 1 atom stereocenters. The van der Waals surface area contributed by atoms with E-state index in [0.717, 1.165) is 18.4 Å². The van der Waals surface area contributed by atoms with E-state index in [-0.39, 0.29) is 5.75 Å². The van der Waals surface area contributed by atoms with Gasteiger partial charge in [0.05, 0.1) is 6.10 Å². The second-order valence-corrected chi connectivity index (χ2v) is 5.79. The number of aryl methyl sites for hydroxylation is 1. The van der Waals surface area contributed by atoms with Gasteiger partial charge in [-0.05, 0) is 18.9 Å². The highest BCUT2D eigenvalue weighted by Crippen LogP contribution is 2.30. The molecule has 1 aromatic carbocycles. The Morgan fingerprint density at radius 2 is 1.55 bits per heavy atom. The Kier molecular flexibility index (Phi) is 8.36. The van der Waals surface area contributed by atoms with Crippen LogP contribution in [0.15, 0.2) is 18.2 Å². The van der Waals surface area contributed by atoms with E-state index in [0.29, 0.717) is 5.56 Å². The molecule has 0 spiro atoms. The maximum Gasteiger partial charge on any atom is 0.124 e. The molecule has 0 aliphatic heterocycles. The molecule has 0 fully saturated rings. The molecule has 0 unspecified atom stereocenters. The van der Waals surface area contributed by atoms with Crippen molar-refractivity contribution in [2.75, 3.05) is 0 Å². The van der Waals surface area contributed by atoms with Gasteiger partial charge in [0.2, 0.25) is 0 Å². The van der Waals surface area contributed by atoms with Crippen LogP contribution in [0.2, 0.25) is 0 Å². The van der Waals surface area contributed by atoms with Crippen LogP contribution in [-0.4, -0.2) is 10.2 Å². The molecule has 0 aliphatic rings. The fourth-order valence-electron chi connectivity index (χ4n) is 2.58. The number of aliphatic hydroxyl groups excluding tert-OH is 1. The van der Waals surface area contributed by atoms with E-state index < -0.39 is 6.10 Å². The fraction of sp³-hybridized carbons (Fsp3) is 0.667. The maximum atomic E-state index is 10.1. The van der Waals surface area contributed by atoms with E-state index >= 15 is 0 Å². The van der Waals surface area contributed by atoms with E-state index in [2.05, 4.69) is 6.92 Å². The second-order valence-electron chi connectivity index (χ2n) is 5.79. The molecule has 0 amide bonds. The number of unbranched alkanes of at least 4 members (excludes halogenated alkanes) is 7. The first-order valence-electron chi connectivity index (χ1n) is 8.13. The van der Waals surface area contributed by atoms with Gasteiger partial charge in [-0.25, -0.2) is 0 Å². The summed E-state index contributed by atoms with van der Waals surface area (Å²) in [6.45, 7) is 4.10. The van der Waals surface area contributed by atoms with Crippen LogP contribution in [0.1, 0.15) is 81.9 Å². The Labute approximate surface area is 123 Å². The van der Waals surface area contributed by atoms with Crippen molar-refractivity contribution in [2.45, 2.75) is 77.7 Å². The smallest absolute Gasteiger partial charge is 0.124 e. The quantitative estimate of drug-likeness (QED) is 0.573. The summed E-state index contributed by atoms with van der Waals surface area (Å²) in [5.41, 5.74) is 1.51. The van der Waals surface area contributed by atoms with E-state index in [1.54, 1.807) is 0 Å². The molecular formula is C18H30O2. The van der Waals surface area contributed by atoms with Gasteiger partial charge in [0.15, 0.2) is 0 Å². The largest absolute Gasteiger partial charge is 0.507 e. The van der Waals surface area contributed by atoms with Crippen LogP contribution in [0.5, 0.6) is 5.75 Å². The van der Waals surface area contributed by atoms with Crippen molar-refractivity contribution in [2.24, 2.45) is 0 Å². The SMILES string of the molecule is CCCCCCCCCC[C@@H](O)c1cccc(C)c1O. The summed E-state index contributed by atoms with van der Waals surface area (Å²) in [6.07, 6.45) is 10.3. The third-order valence-corrected chi connectivity index (χ3v) is 3.96. The number of rotatable bonds is 10. The summed E-state index contributed by atoms with van der Waals surface area (Å²) in [4.78, 5) is 0. The number of hydrogen-bond acceptors (Lipinski definition) is 2. The number of benzene rings is 1. The molecule has 20 heavy (non-hydrogen) atoms. The molecule has 0 aromatic heterocycles. The Balaban J connectivity index is 2.17. The number of aromatic hydroxyl groups is 1. The first-order valence-corrected chi connectivity index (χ1v) is 8.13. The van der Waals surface area contributed by atoms with Gasteiger partial charge in [-0.15, -0.1) is 0 Å². The molecule has 2 nitrogen and oxygen atoms in total. The molecular weight excluding hydrogens is 248 g/mol. The van der Waals surface area contributed by atoms with Gasteiger partial charge >= 0.3 is 0 Å². The number of hydrogen-bond donors (Lipinski definition) is 2. The molecule has 2 N–H and O–H groups in total. The summed E-state index contributed by atoms with van der Waals surface area (Å²) in [6, 6.07) is 5.57. The fourth-order valence-corrected chi connectivity index (χ4v) is 2.58. The van der Waals surface area contributed by atoms with Crippen LogP contribution in [0.4, 0.5) is 0 Å². The van der Waals surface area contributed by atoms with Gasteiger partial charge in [0.25, 0.3) is 0 Å². The molecule has 1 aromatic rings. The third-order valence-electron chi connectivity index (χ3n) is 3.96. The molecule has 2 heteroatoms. The van der Waals surface area contributed by atoms with Crippen molar-refractivity contribution in [1.29, 1.82) is 0 Å². The van der Waals surface area contributed by atoms with Crippen LogP contribution in [0.25, 0.3) is 0 Å². The normalized spacial score (nSPS) is 12.6. The van der Waals surface area contributed by atoms with Crippen molar-refractivity contribution in [1.82, 2.24) is 0 Å². The van der Waals surface area contributed by atoms with Gasteiger partial charge < -0.3 is 10.2 Å². The van der Waals surface area contributed by atoms with E-state index in [1.807, 2.05) is 25.1 Å². The summed E-state index contributed by atoms with van der Waals surface area (Å²) < 4.78 is 0. The van der Waals surface area contributed by atoms with Crippen molar-refractivity contribution in [3.05, 3.63) is 29.3 Å². The lowest BCUT2D eigenvalue weighted by atomic mass is 9.99. The summed E-state index contributed by atoms with van der Waals surface area (Å²) >= 11 is 0. The zero-order valence-corrected chi connectivity index (χ0v) is 13.1. The Bertz CT molecular complexity index is 374. The third kappa shape index (κ3) is 5.96. The van der Waals surface area contributed by atoms with Crippen molar-refractivity contribution in [3.63, 3.8) is 0 Å².